The number of hydrogen-bond acceptors (Lipinski definition) is 4. The maximum atomic E-state index is 12.3. The van der Waals surface area contributed by atoms with Crippen LogP contribution < -0.4 is 5.32 Å². The predicted molar refractivity (Wildman–Crippen MR) is 111 cm³/mol. The first-order valence-electron chi connectivity index (χ1n) is 9.61. The van der Waals surface area contributed by atoms with E-state index in [1.54, 1.807) is 6.92 Å². The van der Waals surface area contributed by atoms with Gasteiger partial charge in [-0.3, -0.25) is 4.79 Å². The molecule has 1 unspecified atom stereocenters. The fourth-order valence-corrected chi connectivity index (χ4v) is 3.74. The van der Waals surface area contributed by atoms with Crippen LogP contribution in [0.1, 0.15) is 52.0 Å². The maximum Gasteiger partial charge on any atom is 0.263 e. The van der Waals surface area contributed by atoms with E-state index in [4.69, 9.17) is 16.4 Å². The Labute approximate surface area is 168 Å². The summed E-state index contributed by atoms with van der Waals surface area (Å²) in [7, 11) is 4.30. The first-order chi connectivity index (χ1) is 12.7. The number of nitrogens with zero attached hydrogens (tertiary/aromatic N) is 2. The van der Waals surface area contributed by atoms with E-state index in [0.29, 0.717) is 0 Å². The molecule has 5 nitrogen and oxygen atoms in total. The molecule has 0 radical (unpaired) electrons. The molecular formula is C21H32ClN3O2. The molecule has 0 spiro atoms. The molecule has 1 N–H and O–H groups in total. The predicted octanol–water partition coefficient (Wildman–Crippen LogP) is 4.04. The number of carbonyl (C=O) groups excluding carboxylic acids is 1. The standard InChI is InChI=1S/C21H32ClN3O2/c1-15(2)24-27-16(3)20(26)23-19-10-12-21(13-11-19,25(4)5)14-17-6-8-18(22)9-7-17/h6-9,16,19H,10-14H2,1-5H3,(H,23,26). The summed E-state index contributed by atoms with van der Waals surface area (Å²) in [6.07, 6.45) is 4.40. The number of hydrogen-bond donors (Lipinski definition) is 1. The average Bonchev–Trinajstić information content (AvgIpc) is 2.63. The van der Waals surface area contributed by atoms with Crippen LogP contribution in [0, 0.1) is 0 Å². The van der Waals surface area contributed by atoms with Gasteiger partial charge in [-0.2, -0.15) is 0 Å². The summed E-state index contributed by atoms with van der Waals surface area (Å²) >= 11 is 6.02. The van der Waals surface area contributed by atoms with Gasteiger partial charge in [-0.15, -0.1) is 0 Å². The molecule has 0 saturated heterocycles. The molecule has 1 aromatic rings. The van der Waals surface area contributed by atoms with Crippen molar-refractivity contribution in [1.29, 1.82) is 0 Å². The van der Waals surface area contributed by atoms with Gasteiger partial charge >= 0.3 is 0 Å². The third-order valence-corrected chi connectivity index (χ3v) is 5.67. The number of nitrogens with one attached hydrogen (secondary N) is 1. The van der Waals surface area contributed by atoms with E-state index in [1.807, 2.05) is 26.0 Å². The Hall–Kier alpha value is -1.59. The van der Waals surface area contributed by atoms with Crippen LogP contribution in [-0.4, -0.2) is 48.3 Å². The second kappa shape index (κ2) is 9.56. The number of benzene rings is 1. The van der Waals surface area contributed by atoms with Crippen LogP contribution >= 0.6 is 11.6 Å². The summed E-state index contributed by atoms with van der Waals surface area (Å²) in [6.45, 7) is 5.41. The molecule has 1 aromatic carbocycles. The van der Waals surface area contributed by atoms with Crippen LogP contribution in [-0.2, 0) is 16.1 Å². The molecule has 2 rings (SSSR count). The normalized spacial score (nSPS) is 23.6. The second-order valence-electron chi connectivity index (χ2n) is 7.99. The first-order valence-corrected chi connectivity index (χ1v) is 9.99. The molecule has 1 atom stereocenters. The van der Waals surface area contributed by atoms with Gasteiger partial charge in [0, 0.05) is 16.6 Å². The van der Waals surface area contributed by atoms with Crippen molar-refractivity contribution in [3.05, 3.63) is 34.9 Å². The molecule has 1 aliphatic rings. The van der Waals surface area contributed by atoms with Crippen molar-refractivity contribution in [2.24, 2.45) is 5.16 Å². The topological polar surface area (TPSA) is 53.9 Å². The quantitative estimate of drug-likeness (QED) is 0.561. The van der Waals surface area contributed by atoms with Crippen molar-refractivity contribution < 1.29 is 9.63 Å². The highest BCUT2D eigenvalue weighted by Gasteiger charge is 2.38. The number of rotatable bonds is 7. The molecule has 1 saturated carbocycles. The summed E-state index contributed by atoms with van der Waals surface area (Å²) in [5, 5.41) is 7.77. The molecule has 6 heteroatoms. The van der Waals surface area contributed by atoms with E-state index in [-0.39, 0.29) is 17.5 Å². The maximum absolute atomic E-state index is 12.3. The van der Waals surface area contributed by atoms with Gasteiger partial charge in [-0.05, 0) is 84.7 Å². The molecule has 1 fully saturated rings. The van der Waals surface area contributed by atoms with Crippen molar-refractivity contribution in [3.8, 4) is 0 Å². The van der Waals surface area contributed by atoms with Gasteiger partial charge in [0.05, 0.1) is 5.71 Å². The van der Waals surface area contributed by atoms with Crippen molar-refractivity contribution in [3.63, 3.8) is 0 Å². The van der Waals surface area contributed by atoms with Crippen LogP contribution in [0.15, 0.2) is 29.4 Å². The molecule has 1 amide bonds. The Morgan fingerprint density at radius 3 is 2.41 bits per heavy atom. The van der Waals surface area contributed by atoms with Crippen LogP contribution in [0.2, 0.25) is 5.02 Å². The zero-order valence-electron chi connectivity index (χ0n) is 17.1. The van der Waals surface area contributed by atoms with Gasteiger partial charge in [0.2, 0.25) is 6.10 Å². The Morgan fingerprint density at radius 1 is 1.30 bits per heavy atom. The summed E-state index contributed by atoms with van der Waals surface area (Å²) in [5.74, 6) is -0.0972. The number of likely N-dealkylation sites (N-methyl/N-ethyl adjacent to an activating group) is 1. The molecular weight excluding hydrogens is 362 g/mol. The van der Waals surface area contributed by atoms with Gasteiger partial charge < -0.3 is 15.1 Å². The van der Waals surface area contributed by atoms with Crippen molar-refractivity contribution in [1.82, 2.24) is 10.2 Å². The van der Waals surface area contributed by atoms with Crippen LogP contribution in [0.25, 0.3) is 0 Å². The molecule has 0 bridgehead atoms. The van der Waals surface area contributed by atoms with Crippen LogP contribution in [0.5, 0.6) is 0 Å². The first kappa shape index (κ1) is 21.7. The van der Waals surface area contributed by atoms with Crippen molar-refractivity contribution in [2.75, 3.05) is 14.1 Å². The lowest BCUT2D eigenvalue weighted by Crippen LogP contribution is -2.52. The van der Waals surface area contributed by atoms with E-state index >= 15 is 0 Å². The molecule has 0 aliphatic heterocycles. The Bertz CT molecular complexity index is 646. The number of amides is 1. The zero-order chi connectivity index (χ0) is 20.0. The van der Waals surface area contributed by atoms with Gasteiger partial charge in [-0.1, -0.05) is 28.9 Å². The van der Waals surface area contributed by atoms with Gasteiger partial charge in [0.25, 0.3) is 5.91 Å². The minimum Gasteiger partial charge on any atom is -0.383 e. The van der Waals surface area contributed by atoms with E-state index < -0.39 is 6.10 Å². The Balaban J connectivity index is 1.93. The fourth-order valence-electron chi connectivity index (χ4n) is 3.61. The Morgan fingerprint density at radius 2 is 1.89 bits per heavy atom. The largest absolute Gasteiger partial charge is 0.383 e. The number of carbonyl (C=O) groups is 1. The smallest absolute Gasteiger partial charge is 0.263 e. The molecule has 27 heavy (non-hydrogen) atoms. The third kappa shape index (κ3) is 6.22. The Kier molecular flexibility index (Phi) is 7.68. The second-order valence-corrected chi connectivity index (χ2v) is 8.43. The minimum absolute atomic E-state index is 0.0972. The zero-order valence-corrected chi connectivity index (χ0v) is 17.8. The average molecular weight is 394 g/mol. The highest BCUT2D eigenvalue weighted by Crippen LogP contribution is 2.35. The number of oxime groups is 1. The molecule has 1 aliphatic carbocycles. The summed E-state index contributed by atoms with van der Waals surface area (Å²) < 4.78 is 0. The lowest BCUT2D eigenvalue weighted by atomic mass is 9.75. The van der Waals surface area contributed by atoms with Crippen LogP contribution in [0.3, 0.4) is 0 Å². The fraction of sp³-hybridized carbons (Fsp3) is 0.619. The summed E-state index contributed by atoms with van der Waals surface area (Å²) in [5.41, 5.74) is 2.21. The van der Waals surface area contributed by atoms with Gasteiger partial charge in [0.1, 0.15) is 0 Å². The lowest BCUT2D eigenvalue weighted by molar-refractivity contribution is -0.132. The van der Waals surface area contributed by atoms with Gasteiger partial charge in [0.15, 0.2) is 0 Å². The SMILES string of the molecule is CC(C)=NOC(C)C(=O)NC1CCC(Cc2ccc(Cl)cc2)(N(C)C)CC1. The van der Waals surface area contributed by atoms with Crippen LogP contribution in [0.4, 0.5) is 0 Å². The van der Waals surface area contributed by atoms with Crippen molar-refractivity contribution in [2.45, 2.75) is 70.6 Å². The summed E-state index contributed by atoms with van der Waals surface area (Å²) in [6, 6.07) is 8.31. The van der Waals surface area contributed by atoms with Gasteiger partial charge in [-0.25, -0.2) is 0 Å². The van der Waals surface area contributed by atoms with E-state index in [0.717, 1.165) is 42.8 Å². The monoisotopic (exact) mass is 393 g/mol. The third-order valence-electron chi connectivity index (χ3n) is 5.42. The number of halogens is 1. The highest BCUT2D eigenvalue weighted by molar-refractivity contribution is 6.30. The van der Waals surface area contributed by atoms with E-state index in [9.17, 15) is 4.79 Å². The van der Waals surface area contributed by atoms with Crippen molar-refractivity contribution >= 4 is 23.2 Å². The lowest BCUT2D eigenvalue weighted by Gasteiger charge is -2.45. The summed E-state index contributed by atoms with van der Waals surface area (Å²) in [4.78, 5) is 19.9. The molecule has 0 aromatic heterocycles. The molecule has 150 valence electrons. The van der Waals surface area contributed by atoms with E-state index in [2.05, 4.69) is 41.6 Å². The van der Waals surface area contributed by atoms with E-state index in [1.165, 1.54) is 5.56 Å². The molecule has 0 heterocycles. The highest BCUT2D eigenvalue weighted by atomic mass is 35.5. The minimum atomic E-state index is -0.575.